The summed E-state index contributed by atoms with van der Waals surface area (Å²) < 4.78 is 5.29. The van der Waals surface area contributed by atoms with Gasteiger partial charge in [0.2, 0.25) is 0 Å². The van der Waals surface area contributed by atoms with Crippen molar-refractivity contribution in [1.82, 2.24) is 0 Å². The molecule has 0 aliphatic carbocycles. The van der Waals surface area contributed by atoms with E-state index in [2.05, 4.69) is 10.6 Å². The van der Waals surface area contributed by atoms with Crippen molar-refractivity contribution in [2.45, 2.75) is 25.8 Å². The van der Waals surface area contributed by atoms with E-state index in [0.717, 1.165) is 24.3 Å². The van der Waals surface area contributed by atoms with Gasteiger partial charge in [0, 0.05) is 43.0 Å². The summed E-state index contributed by atoms with van der Waals surface area (Å²) in [5, 5.41) is 17.1. The Labute approximate surface area is 123 Å². The second kappa shape index (κ2) is 6.78. The van der Waals surface area contributed by atoms with Crippen molar-refractivity contribution in [2.75, 3.05) is 17.7 Å². The zero-order valence-corrected chi connectivity index (χ0v) is 12.1. The first-order valence-corrected chi connectivity index (χ1v) is 6.84. The van der Waals surface area contributed by atoms with Gasteiger partial charge in [0.15, 0.2) is 0 Å². The van der Waals surface area contributed by atoms with Gasteiger partial charge >= 0.3 is 0 Å². The number of nitro benzene ring substituents is 1. The summed E-state index contributed by atoms with van der Waals surface area (Å²) in [6, 6.07) is 8.91. The fourth-order valence-electron chi connectivity index (χ4n) is 2.11. The zero-order valence-electron chi connectivity index (χ0n) is 12.1. The van der Waals surface area contributed by atoms with Gasteiger partial charge in [-0.3, -0.25) is 10.1 Å². The van der Waals surface area contributed by atoms with Crippen molar-refractivity contribution in [2.24, 2.45) is 0 Å². The highest BCUT2D eigenvalue weighted by molar-refractivity contribution is 5.63. The molecule has 1 unspecified atom stereocenters. The Hall–Kier alpha value is -2.50. The number of nitrogens with zero attached hydrogens (tertiary/aromatic N) is 1. The molecule has 0 spiro atoms. The average Bonchev–Trinajstić information content (AvgIpc) is 2.98. The third-order valence-electron chi connectivity index (χ3n) is 3.23. The fraction of sp³-hybridized carbons (Fsp3) is 0.333. The van der Waals surface area contributed by atoms with Crippen LogP contribution in [0.1, 0.15) is 19.1 Å². The van der Waals surface area contributed by atoms with Crippen molar-refractivity contribution < 1.29 is 9.34 Å². The predicted octanol–water partition coefficient (Wildman–Crippen LogP) is 3.66. The monoisotopic (exact) mass is 289 g/mol. The molecule has 0 bridgehead atoms. The van der Waals surface area contributed by atoms with E-state index in [1.807, 2.05) is 25.1 Å². The summed E-state index contributed by atoms with van der Waals surface area (Å²) >= 11 is 0. The third kappa shape index (κ3) is 4.24. The largest absolute Gasteiger partial charge is 0.469 e. The number of aryl methyl sites for hydroxylation is 1. The van der Waals surface area contributed by atoms with Crippen LogP contribution >= 0.6 is 0 Å². The zero-order chi connectivity index (χ0) is 15.2. The summed E-state index contributed by atoms with van der Waals surface area (Å²) in [5.74, 6) is 0.943. The first kappa shape index (κ1) is 14.9. The second-order valence-electron chi connectivity index (χ2n) is 4.94. The van der Waals surface area contributed by atoms with Crippen LogP contribution in [0.15, 0.2) is 41.0 Å². The molecule has 1 aromatic heterocycles. The predicted molar refractivity (Wildman–Crippen MR) is 82.8 cm³/mol. The molecule has 2 N–H and O–H groups in total. The SMILES string of the molecule is CNc1cc(NC(C)CCc2ccco2)cc([N+](=O)[O-])c1. The average molecular weight is 289 g/mol. The van der Waals surface area contributed by atoms with Gasteiger partial charge in [-0.25, -0.2) is 0 Å². The smallest absolute Gasteiger partial charge is 0.273 e. The highest BCUT2D eigenvalue weighted by Gasteiger charge is 2.11. The van der Waals surface area contributed by atoms with E-state index in [1.165, 1.54) is 6.07 Å². The Morgan fingerprint density at radius 1 is 1.33 bits per heavy atom. The van der Waals surface area contributed by atoms with Gasteiger partial charge < -0.3 is 15.1 Å². The van der Waals surface area contributed by atoms with E-state index < -0.39 is 0 Å². The number of nitrogens with one attached hydrogen (secondary N) is 2. The minimum atomic E-state index is -0.389. The van der Waals surface area contributed by atoms with Gasteiger partial charge in [0.25, 0.3) is 5.69 Å². The van der Waals surface area contributed by atoms with Crippen molar-refractivity contribution in [3.05, 3.63) is 52.5 Å². The maximum Gasteiger partial charge on any atom is 0.273 e. The Morgan fingerprint density at radius 2 is 2.10 bits per heavy atom. The molecule has 112 valence electrons. The molecule has 0 aliphatic rings. The van der Waals surface area contributed by atoms with Crippen LogP contribution in [0.3, 0.4) is 0 Å². The number of hydrogen-bond donors (Lipinski definition) is 2. The third-order valence-corrected chi connectivity index (χ3v) is 3.23. The summed E-state index contributed by atoms with van der Waals surface area (Å²) in [7, 11) is 1.74. The first-order chi connectivity index (χ1) is 10.1. The van der Waals surface area contributed by atoms with Crippen LogP contribution in [0.25, 0.3) is 0 Å². The summed E-state index contributed by atoms with van der Waals surface area (Å²) in [6.45, 7) is 2.04. The lowest BCUT2D eigenvalue weighted by Crippen LogP contribution is -2.16. The molecule has 2 rings (SSSR count). The molecule has 1 aromatic carbocycles. The molecule has 0 saturated heterocycles. The summed E-state index contributed by atoms with van der Waals surface area (Å²) in [6.07, 6.45) is 3.37. The lowest BCUT2D eigenvalue weighted by molar-refractivity contribution is -0.384. The Kier molecular flexibility index (Phi) is 4.81. The van der Waals surface area contributed by atoms with Crippen molar-refractivity contribution in [3.8, 4) is 0 Å². The number of rotatable bonds is 7. The lowest BCUT2D eigenvalue weighted by Gasteiger charge is -2.15. The van der Waals surface area contributed by atoms with Gasteiger partial charge in [0.05, 0.1) is 11.2 Å². The molecule has 1 atom stereocenters. The van der Waals surface area contributed by atoms with Crippen LogP contribution in [0.2, 0.25) is 0 Å². The highest BCUT2D eigenvalue weighted by atomic mass is 16.6. The van der Waals surface area contributed by atoms with Crippen LogP contribution in [-0.2, 0) is 6.42 Å². The van der Waals surface area contributed by atoms with Crippen molar-refractivity contribution in [1.29, 1.82) is 0 Å². The minimum absolute atomic E-state index is 0.0718. The standard InChI is InChI=1S/C15H19N3O3/c1-11(5-6-15-4-3-7-21-15)17-13-8-12(16-2)9-14(10-13)18(19)20/h3-4,7-11,16-17H,5-6H2,1-2H3. The Morgan fingerprint density at radius 3 is 2.71 bits per heavy atom. The fourth-order valence-corrected chi connectivity index (χ4v) is 2.11. The molecule has 1 heterocycles. The highest BCUT2D eigenvalue weighted by Crippen LogP contribution is 2.25. The van der Waals surface area contributed by atoms with Crippen molar-refractivity contribution >= 4 is 17.1 Å². The van der Waals surface area contributed by atoms with Crippen molar-refractivity contribution in [3.63, 3.8) is 0 Å². The molecule has 6 heteroatoms. The van der Waals surface area contributed by atoms with E-state index in [9.17, 15) is 10.1 Å². The van der Waals surface area contributed by atoms with E-state index in [1.54, 1.807) is 19.4 Å². The molecule has 0 fully saturated rings. The number of benzene rings is 1. The van der Waals surface area contributed by atoms with Crippen LogP contribution < -0.4 is 10.6 Å². The number of anilines is 2. The molecule has 0 radical (unpaired) electrons. The molecule has 6 nitrogen and oxygen atoms in total. The molecule has 21 heavy (non-hydrogen) atoms. The second-order valence-corrected chi connectivity index (χ2v) is 4.94. The van der Waals surface area contributed by atoms with E-state index in [0.29, 0.717) is 5.69 Å². The number of non-ortho nitro benzene ring substituents is 1. The minimum Gasteiger partial charge on any atom is -0.469 e. The van der Waals surface area contributed by atoms with E-state index >= 15 is 0 Å². The van der Waals surface area contributed by atoms with E-state index in [-0.39, 0.29) is 16.7 Å². The van der Waals surface area contributed by atoms with Gasteiger partial charge in [0.1, 0.15) is 5.76 Å². The molecule has 0 amide bonds. The molecular formula is C15H19N3O3. The quantitative estimate of drug-likeness (QED) is 0.600. The Balaban J connectivity index is 2.00. The van der Waals surface area contributed by atoms with Gasteiger partial charge in [-0.2, -0.15) is 0 Å². The number of nitro groups is 1. The van der Waals surface area contributed by atoms with Gasteiger partial charge in [-0.15, -0.1) is 0 Å². The molecule has 2 aromatic rings. The van der Waals surface area contributed by atoms with E-state index in [4.69, 9.17) is 4.42 Å². The normalized spacial score (nSPS) is 11.9. The van der Waals surface area contributed by atoms with Gasteiger partial charge in [-0.1, -0.05) is 0 Å². The van der Waals surface area contributed by atoms with Crippen LogP contribution in [0.4, 0.5) is 17.1 Å². The summed E-state index contributed by atoms with van der Waals surface area (Å²) in [4.78, 5) is 10.5. The van der Waals surface area contributed by atoms with Crippen LogP contribution in [-0.4, -0.2) is 18.0 Å². The number of furan rings is 1. The lowest BCUT2D eigenvalue weighted by atomic mass is 10.1. The maximum atomic E-state index is 10.9. The van der Waals surface area contributed by atoms with Gasteiger partial charge in [-0.05, 0) is 31.5 Å². The first-order valence-electron chi connectivity index (χ1n) is 6.84. The topological polar surface area (TPSA) is 80.3 Å². The van der Waals surface area contributed by atoms with Crippen LogP contribution in [0.5, 0.6) is 0 Å². The number of hydrogen-bond acceptors (Lipinski definition) is 5. The Bertz CT molecular complexity index is 596. The maximum absolute atomic E-state index is 10.9. The molecule has 0 aliphatic heterocycles. The summed E-state index contributed by atoms with van der Waals surface area (Å²) in [5.41, 5.74) is 1.52. The van der Waals surface area contributed by atoms with Crippen LogP contribution in [0, 0.1) is 10.1 Å². The molecule has 0 saturated carbocycles. The molecular weight excluding hydrogens is 270 g/mol.